The molecule has 0 atom stereocenters. The molecule has 0 aliphatic rings. The van der Waals surface area contributed by atoms with Gasteiger partial charge in [0.15, 0.2) is 0 Å². The summed E-state index contributed by atoms with van der Waals surface area (Å²) >= 11 is 0. The third-order valence-corrected chi connectivity index (χ3v) is 2.11. The van der Waals surface area contributed by atoms with Gasteiger partial charge in [-0.3, -0.25) is 5.32 Å². The van der Waals surface area contributed by atoms with Gasteiger partial charge in [0.1, 0.15) is 5.82 Å². The van der Waals surface area contributed by atoms with Gasteiger partial charge in [-0.25, -0.2) is 9.78 Å². The number of urea groups is 1. The van der Waals surface area contributed by atoms with E-state index in [1.54, 1.807) is 23.1 Å². The van der Waals surface area contributed by atoms with E-state index in [0.29, 0.717) is 18.9 Å². The van der Waals surface area contributed by atoms with E-state index in [4.69, 9.17) is 0 Å². The number of carbonyl (C=O) groups excluding carboxylic acids is 1. The fourth-order valence-electron chi connectivity index (χ4n) is 1.35. The number of carbonyl (C=O) groups is 1. The molecule has 0 unspecified atom stereocenters. The minimum absolute atomic E-state index is 0.206. The summed E-state index contributed by atoms with van der Waals surface area (Å²) in [6.07, 6.45) is 3.35. The number of amides is 2. The summed E-state index contributed by atoms with van der Waals surface area (Å²) in [7, 11) is 0. The van der Waals surface area contributed by atoms with Crippen molar-refractivity contribution in [3.63, 3.8) is 0 Å². The number of anilines is 1. The maximum absolute atomic E-state index is 11.9. The van der Waals surface area contributed by atoms with Crippen LogP contribution in [-0.2, 0) is 0 Å². The molecule has 1 heterocycles. The molecule has 0 fully saturated rings. The molecule has 0 saturated carbocycles. The Labute approximate surface area is 102 Å². The van der Waals surface area contributed by atoms with Crippen LogP contribution in [0.15, 0.2) is 43.5 Å². The van der Waals surface area contributed by atoms with Crippen LogP contribution in [-0.4, -0.2) is 29.0 Å². The molecule has 0 radical (unpaired) electrons. The Balaban J connectivity index is 2.68. The largest absolute Gasteiger partial charge is 0.323 e. The summed E-state index contributed by atoms with van der Waals surface area (Å²) < 4.78 is 0. The van der Waals surface area contributed by atoms with Crippen LogP contribution in [0.1, 0.15) is 5.69 Å². The maximum Gasteiger partial charge on any atom is 0.323 e. The van der Waals surface area contributed by atoms with E-state index < -0.39 is 0 Å². The van der Waals surface area contributed by atoms with E-state index in [2.05, 4.69) is 23.5 Å². The van der Waals surface area contributed by atoms with Gasteiger partial charge < -0.3 is 4.90 Å². The molecule has 1 rings (SSSR count). The molecular weight excluding hydrogens is 214 g/mol. The predicted molar refractivity (Wildman–Crippen MR) is 70.0 cm³/mol. The molecule has 1 N–H and O–H groups in total. The molecule has 0 saturated heterocycles. The first-order valence-electron chi connectivity index (χ1n) is 5.38. The van der Waals surface area contributed by atoms with Crippen molar-refractivity contribution in [2.24, 2.45) is 0 Å². The molecule has 0 spiro atoms. The van der Waals surface area contributed by atoms with Crippen molar-refractivity contribution < 1.29 is 4.79 Å². The normalized spacial score (nSPS) is 9.47. The van der Waals surface area contributed by atoms with Crippen LogP contribution >= 0.6 is 0 Å². The molecule has 2 amide bonds. The lowest BCUT2D eigenvalue weighted by Gasteiger charge is -2.19. The SMILES string of the molecule is C=CCN(CC=C)C(=O)Nc1cccc(C)n1. The third kappa shape index (κ3) is 4.10. The highest BCUT2D eigenvalue weighted by molar-refractivity contribution is 5.88. The molecule has 0 aromatic carbocycles. The highest BCUT2D eigenvalue weighted by Crippen LogP contribution is 2.05. The zero-order valence-corrected chi connectivity index (χ0v) is 10.0. The fraction of sp³-hybridized carbons (Fsp3) is 0.231. The van der Waals surface area contributed by atoms with E-state index in [0.717, 1.165) is 5.69 Å². The lowest BCUT2D eigenvalue weighted by molar-refractivity contribution is 0.222. The number of nitrogens with one attached hydrogen (secondary N) is 1. The molecule has 1 aromatic rings. The second-order valence-corrected chi connectivity index (χ2v) is 3.58. The van der Waals surface area contributed by atoms with Crippen LogP contribution in [0.3, 0.4) is 0 Å². The van der Waals surface area contributed by atoms with Gasteiger partial charge in [-0.1, -0.05) is 18.2 Å². The van der Waals surface area contributed by atoms with Crippen molar-refractivity contribution in [1.82, 2.24) is 9.88 Å². The van der Waals surface area contributed by atoms with Crippen LogP contribution in [0.4, 0.5) is 10.6 Å². The molecule has 17 heavy (non-hydrogen) atoms. The van der Waals surface area contributed by atoms with E-state index in [9.17, 15) is 4.79 Å². The molecule has 90 valence electrons. The Morgan fingerprint density at radius 3 is 2.59 bits per heavy atom. The van der Waals surface area contributed by atoms with E-state index >= 15 is 0 Å². The Morgan fingerprint density at radius 2 is 2.06 bits per heavy atom. The first-order valence-corrected chi connectivity index (χ1v) is 5.38. The van der Waals surface area contributed by atoms with E-state index in [1.165, 1.54) is 0 Å². The van der Waals surface area contributed by atoms with Crippen molar-refractivity contribution in [3.8, 4) is 0 Å². The molecule has 4 nitrogen and oxygen atoms in total. The first kappa shape index (κ1) is 13.0. The molecule has 4 heteroatoms. The Kier molecular flexibility index (Phi) is 4.94. The van der Waals surface area contributed by atoms with Gasteiger partial charge in [0.05, 0.1) is 0 Å². The van der Waals surface area contributed by atoms with Crippen LogP contribution in [0.25, 0.3) is 0 Å². The highest BCUT2D eigenvalue weighted by Gasteiger charge is 2.10. The highest BCUT2D eigenvalue weighted by atomic mass is 16.2. The average Bonchev–Trinajstić information content (AvgIpc) is 2.28. The van der Waals surface area contributed by atoms with Gasteiger partial charge >= 0.3 is 6.03 Å². The van der Waals surface area contributed by atoms with Crippen molar-refractivity contribution in [3.05, 3.63) is 49.2 Å². The third-order valence-electron chi connectivity index (χ3n) is 2.11. The lowest BCUT2D eigenvalue weighted by Crippen LogP contribution is -2.35. The van der Waals surface area contributed by atoms with Crippen molar-refractivity contribution in [2.75, 3.05) is 18.4 Å². The Bertz CT molecular complexity index is 405. The van der Waals surface area contributed by atoms with Crippen LogP contribution < -0.4 is 5.32 Å². The lowest BCUT2D eigenvalue weighted by atomic mass is 10.4. The van der Waals surface area contributed by atoms with Crippen LogP contribution in [0, 0.1) is 6.92 Å². The average molecular weight is 231 g/mol. The number of aromatic nitrogens is 1. The molecule has 0 bridgehead atoms. The second kappa shape index (κ2) is 6.48. The molecular formula is C13H17N3O. The number of rotatable bonds is 5. The topological polar surface area (TPSA) is 45.2 Å². The Morgan fingerprint density at radius 1 is 1.41 bits per heavy atom. The number of hydrogen-bond acceptors (Lipinski definition) is 2. The van der Waals surface area contributed by atoms with Crippen LogP contribution in [0.2, 0.25) is 0 Å². The van der Waals surface area contributed by atoms with Crippen molar-refractivity contribution >= 4 is 11.8 Å². The summed E-state index contributed by atoms with van der Waals surface area (Å²) in [6, 6.07) is 5.28. The van der Waals surface area contributed by atoms with Crippen molar-refractivity contribution in [2.45, 2.75) is 6.92 Å². The van der Waals surface area contributed by atoms with Crippen LogP contribution in [0.5, 0.6) is 0 Å². The number of hydrogen-bond donors (Lipinski definition) is 1. The number of nitrogens with zero attached hydrogens (tertiary/aromatic N) is 2. The first-order chi connectivity index (χ1) is 8.17. The van der Waals surface area contributed by atoms with Gasteiger partial charge in [0.2, 0.25) is 0 Å². The summed E-state index contributed by atoms with van der Waals surface area (Å²) in [4.78, 5) is 17.7. The monoisotopic (exact) mass is 231 g/mol. The minimum Gasteiger partial charge on any atom is -0.317 e. The predicted octanol–water partition coefficient (Wildman–Crippen LogP) is 2.60. The summed E-state index contributed by atoms with van der Waals surface area (Å²) in [6.45, 7) is 10.1. The summed E-state index contributed by atoms with van der Waals surface area (Å²) in [5, 5.41) is 2.73. The van der Waals surface area contributed by atoms with Gasteiger partial charge in [0, 0.05) is 18.8 Å². The quantitative estimate of drug-likeness (QED) is 0.792. The zero-order valence-electron chi connectivity index (χ0n) is 10.0. The smallest absolute Gasteiger partial charge is 0.317 e. The van der Waals surface area contributed by atoms with E-state index in [1.807, 2.05) is 19.1 Å². The molecule has 0 aliphatic heterocycles. The number of aryl methyl sites for hydroxylation is 1. The summed E-state index contributed by atoms with van der Waals surface area (Å²) in [5.74, 6) is 0.549. The number of pyridine rings is 1. The zero-order chi connectivity index (χ0) is 12.7. The molecule has 1 aromatic heterocycles. The minimum atomic E-state index is -0.206. The Hall–Kier alpha value is -2.10. The summed E-state index contributed by atoms with van der Waals surface area (Å²) in [5.41, 5.74) is 0.863. The molecule has 0 aliphatic carbocycles. The standard InChI is InChI=1S/C13H17N3O/c1-4-9-16(10-5-2)13(17)15-12-8-6-7-11(3)14-12/h4-8H,1-2,9-10H2,3H3,(H,14,15,17). The van der Waals surface area contributed by atoms with Gasteiger partial charge in [-0.05, 0) is 19.1 Å². The second-order valence-electron chi connectivity index (χ2n) is 3.58. The van der Waals surface area contributed by atoms with Gasteiger partial charge in [-0.15, -0.1) is 13.2 Å². The fourth-order valence-corrected chi connectivity index (χ4v) is 1.35. The van der Waals surface area contributed by atoms with Crippen molar-refractivity contribution in [1.29, 1.82) is 0 Å². The maximum atomic E-state index is 11.9. The van der Waals surface area contributed by atoms with Gasteiger partial charge in [-0.2, -0.15) is 0 Å². The van der Waals surface area contributed by atoms with E-state index in [-0.39, 0.29) is 6.03 Å². The van der Waals surface area contributed by atoms with Gasteiger partial charge in [0.25, 0.3) is 0 Å².